The number of para-hydroxylation sites is 2. The van der Waals surface area contributed by atoms with Crippen molar-refractivity contribution in [3.63, 3.8) is 0 Å². The van der Waals surface area contributed by atoms with Crippen LogP contribution in [0.1, 0.15) is 43.0 Å². The van der Waals surface area contributed by atoms with Crippen LogP contribution in [0.15, 0.2) is 48.5 Å². The molecule has 2 amide bonds. The number of ether oxygens (including phenoxy) is 1. The first kappa shape index (κ1) is 20.8. The third-order valence-corrected chi connectivity index (χ3v) is 4.14. The molecule has 0 aliphatic heterocycles. The summed E-state index contributed by atoms with van der Waals surface area (Å²) in [5.74, 6) is 0.388. The maximum atomic E-state index is 12.2. The van der Waals surface area contributed by atoms with Gasteiger partial charge in [-0.25, -0.2) is 0 Å². The van der Waals surface area contributed by atoms with E-state index >= 15 is 0 Å². The van der Waals surface area contributed by atoms with Crippen LogP contribution < -0.4 is 15.4 Å². The van der Waals surface area contributed by atoms with Gasteiger partial charge >= 0.3 is 0 Å². The zero-order chi connectivity index (χ0) is 19.5. The minimum atomic E-state index is -0.179. The maximum Gasteiger partial charge on any atom is 0.251 e. The van der Waals surface area contributed by atoms with Crippen molar-refractivity contribution >= 4 is 29.1 Å². The molecule has 6 heteroatoms. The van der Waals surface area contributed by atoms with Gasteiger partial charge in [0.25, 0.3) is 5.91 Å². The second-order valence-corrected chi connectivity index (χ2v) is 6.55. The molecule has 0 spiro atoms. The van der Waals surface area contributed by atoms with Gasteiger partial charge in [-0.05, 0) is 49.2 Å². The molecule has 2 rings (SSSR count). The van der Waals surface area contributed by atoms with E-state index in [0.717, 1.165) is 12.8 Å². The van der Waals surface area contributed by atoms with E-state index in [1.165, 1.54) is 0 Å². The van der Waals surface area contributed by atoms with E-state index in [9.17, 15) is 9.59 Å². The molecule has 5 nitrogen and oxygen atoms in total. The van der Waals surface area contributed by atoms with Gasteiger partial charge in [0.1, 0.15) is 5.75 Å². The molecule has 0 saturated heterocycles. The second kappa shape index (κ2) is 11.2. The summed E-state index contributed by atoms with van der Waals surface area (Å²) in [5.41, 5.74) is 1.21. The summed E-state index contributed by atoms with van der Waals surface area (Å²) in [6.45, 7) is 3.15. The molecule has 0 aliphatic carbocycles. The monoisotopic (exact) mass is 388 g/mol. The van der Waals surface area contributed by atoms with Crippen LogP contribution in [-0.4, -0.2) is 25.0 Å². The number of anilines is 1. The molecule has 2 aromatic rings. The van der Waals surface area contributed by atoms with Crippen LogP contribution in [0.25, 0.3) is 0 Å². The fraction of sp³-hybridized carbons (Fsp3) is 0.333. The number of carbonyl (C=O) groups is 2. The van der Waals surface area contributed by atoms with Crippen LogP contribution in [0.4, 0.5) is 5.69 Å². The Morgan fingerprint density at radius 3 is 2.52 bits per heavy atom. The minimum Gasteiger partial charge on any atom is -0.491 e. The van der Waals surface area contributed by atoms with E-state index in [1.54, 1.807) is 24.3 Å². The van der Waals surface area contributed by atoms with Crippen LogP contribution >= 0.6 is 11.6 Å². The van der Waals surface area contributed by atoms with E-state index in [4.69, 9.17) is 16.3 Å². The van der Waals surface area contributed by atoms with Gasteiger partial charge in [0.2, 0.25) is 5.91 Å². The number of carbonyl (C=O) groups excluding carboxylic acids is 2. The zero-order valence-corrected chi connectivity index (χ0v) is 16.2. The van der Waals surface area contributed by atoms with Crippen molar-refractivity contribution in [2.24, 2.45) is 0 Å². The van der Waals surface area contributed by atoms with Gasteiger partial charge in [-0.1, -0.05) is 37.1 Å². The van der Waals surface area contributed by atoms with Crippen LogP contribution in [-0.2, 0) is 4.79 Å². The number of hydrogen-bond acceptors (Lipinski definition) is 3. The molecule has 2 aromatic carbocycles. The van der Waals surface area contributed by atoms with Crippen molar-refractivity contribution in [1.29, 1.82) is 0 Å². The smallest absolute Gasteiger partial charge is 0.251 e. The molecular formula is C21H25ClN2O3. The van der Waals surface area contributed by atoms with E-state index in [-0.39, 0.29) is 11.8 Å². The maximum absolute atomic E-state index is 12.2. The highest BCUT2D eigenvalue weighted by Gasteiger charge is 2.09. The number of benzene rings is 2. The molecule has 27 heavy (non-hydrogen) atoms. The Morgan fingerprint density at radius 1 is 1.04 bits per heavy atom. The van der Waals surface area contributed by atoms with Crippen molar-refractivity contribution in [3.8, 4) is 5.75 Å². The Bertz CT molecular complexity index is 747. The topological polar surface area (TPSA) is 67.4 Å². The van der Waals surface area contributed by atoms with Gasteiger partial charge in [0, 0.05) is 23.6 Å². The summed E-state index contributed by atoms with van der Waals surface area (Å²) in [5, 5.41) is 6.25. The van der Waals surface area contributed by atoms with Crippen LogP contribution in [0, 0.1) is 0 Å². The molecule has 0 atom stereocenters. The Labute approximate surface area is 165 Å². The highest BCUT2D eigenvalue weighted by molar-refractivity contribution is 6.30. The van der Waals surface area contributed by atoms with Gasteiger partial charge in [-0.15, -0.1) is 0 Å². The minimum absolute atomic E-state index is 0.109. The fourth-order valence-corrected chi connectivity index (χ4v) is 2.52. The second-order valence-electron chi connectivity index (χ2n) is 6.11. The number of rotatable bonds is 10. The molecule has 0 aromatic heterocycles. The molecule has 0 fully saturated rings. The number of unbranched alkanes of at least 4 members (excludes halogenated alkanes) is 1. The first-order valence-electron chi connectivity index (χ1n) is 9.15. The summed E-state index contributed by atoms with van der Waals surface area (Å²) in [7, 11) is 0. The summed E-state index contributed by atoms with van der Waals surface area (Å²) in [6.07, 6.45) is 2.88. The summed E-state index contributed by atoms with van der Waals surface area (Å²) >= 11 is 5.81. The Morgan fingerprint density at radius 2 is 1.78 bits per heavy atom. The SMILES string of the molecule is CCCCOc1ccccc1NC(=O)CCCNC(=O)c1ccc(Cl)cc1. The number of amides is 2. The molecule has 0 unspecified atom stereocenters. The first-order valence-corrected chi connectivity index (χ1v) is 9.53. The summed E-state index contributed by atoms with van der Waals surface area (Å²) in [6, 6.07) is 14.1. The van der Waals surface area contributed by atoms with Gasteiger partial charge in [0.15, 0.2) is 0 Å². The lowest BCUT2D eigenvalue weighted by Gasteiger charge is -2.12. The predicted octanol–water partition coefficient (Wildman–Crippen LogP) is 4.67. The molecular weight excluding hydrogens is 364 g/mol. The standard InChI is InChI=1S/C21H25ClN2O3/c1-2-3-15-27-19-8-5-4-7-18(19)24-20(25)9-6-14-23-21(26)16-10-12-17(22)13-11-16/h4-5,7-8,10-13H,2-3,6,9,14-15H2,1H3,(H,23,26)(H,24,25). The molecule has 0 bridgehead atoms. The molecule has 0 aliphatic rings. The molecule has 0 heterocycles. The third-order valence-electron chi connectivity index (χ3n) is 3.89. The quantitative estimate of drug-likeness (QED) is 0.581. The Hall–Kier alpha value is -2.53. The fourth-order valence-electron chi connectivity index (χ4n) is 2.39. The number of halogens is 1. The average molecular weight is 389 g/mol. The van der Waals surface area contributed by atoms with Crippen molar-refractivity contribution < 1.29 is 14.3 Å². The number of hydrogen-bond donors (Lipinski definition) is 2. The average Bonchev–Trinajstić information content (AvgIpc) is 2.67. The first-order chi connectivity index (χ1) is 13.1. The van der Waals surface area contributed by atoms with Gasteiger partial charge in [-0.2, -0.15) is 0 Å². The molecule has 2 N–H and O–H groups in total. The molecule has 144 valence electrons. The summed E-state index contributed by atoms with van der Waals surface area (Å²) in [4.78, 5) is 24.1. The van der Waals surface area contributed by atoms with Gasteiger partial charge in [0.05, 0.1) is 12.3 Å². The van der Waals surface area contributed by atoms with E-state index < -0.39 is 0 Å². The summed E-state index contributed by atoms with van der Waals surface area (Å²) < 4.78 is 5.71. The van der Waals surface area contributed by atoms with E-state index in [0.29, 0.717) is 48.0 Å². The van der Waals surface area contributed by atoms with Crippen LogP contribution in [0.3, 0.4) is 0 Å². The van der Waals surface area contributed by atoms with E-state index in [1.807, 2.05) is 24.3 Å². The van der Waals surface area contributed by atoms with Crippen molar-refractivity contribution in [2.75, 3.05) is 18.5 Å². The van der Waals surface area contributed by atoms with Gasteiger partial charge in [-0.3, -0.25) is 9.59 Å². The largest absolute Gasteiger partial charge is 0.491 e. The third kappa shape index (κ3) is 7.31. The lowest BCUT2D eigenvalue weighted by Crippen LogP contribution is -2.25. The Balaban J connectivity index is 1.73. The Kier molecular flexibility index (Phi) is 8.65. The number of nitrogens with one attached hydrogen (secondary N) is 2. The van der Waals surface area contributed by atoms with Crippen molar-refractivity contribution in [1.82, 2.24) is 5.32 Å². The zero-order valence-electron chi connectivity index (χ0n) is 15.5. The highest BCUT2D eigenvalue weighted by Crippen LogP contribution is 2.24. The van der Waals surface area contributed by atoms with Crippen molar-refractivity contribution in [3.05, 3.63) is 59.1 Å². The molecule has 0 radical (unpaired) electrons. The van der Waals surface area contributed by atoms with E-state index in [2.05, 4.69) is 17.6 Å². The lowest BCUT2D eigenvalue weighted by molar-refractivity contribution is -0.116. The predicted molar refractivity (Wildman–Crippen MR) is 108 cm³/mol. The lowest BCUT2D eigenvalue weighted by atomic mass is 10.2. The van der Waals surface area contributed by atoms with Crippen LogP contribution in [0.5, 0.6) is 5.75 Å². The van der Waals surface area contributed by atoms with Crippen molar-refractivity contribution in [2.45, 2.75) is 32.6 Å². The highest BCUT2D eigenvalue weighted by atomic mass is 35.5. The van der Waals surface area contributed by atoms with Crippen LogP contribution in [0.2, 0.25) is 5.02 Å². The van der Waals surface area contributed by atoms with Gasteiger partial charge < -0.3 is 15.4 Å². The normalized spacial score (nSPS) is 10.3. The molecule has 0 saturated carbocycles.